The van der Waals surface area contributed by atoms with E-state index in [9.17, 15) is 0 Å². The van der Waals surface area contributed by atoms with Crippen molar-refractivity contribution in [2.45, 2.75) is 26.3 Å². The summed E-state index contributed by atoms with van der Waals surface area (Å²) >= 11 is 0. The van der Waals surface area contributed by atoms with Gasteiger partial charge in [0.15, 0.2) is 0 Å². The molecule has 0 heterocycles. The van der Waals surface area contributed by atoms with Crippen molar-refractivity contribution in [2.24, 2.45) is 0 Å². The fourth-order valence-corrected chi connectivity index (χ4v) is 1.35. The second kappa shape index (κ2) is 10.9. The Balaban J connectivity index is 0. The van der Waals surface area contributed by atoms with Gasteiger partial charge >= 0.3 is 23.1 Å². The number of rotatable bonds is 5. The maximum Gasteiger partial charge on any atom is 2.00 e. The van der Waals surface area contributed by atoms with E-state index in [1.807, 2.05) is 12.1 Å². The summed E-state index contributed by atoms with van der Waals surface area (Å²) in [5, 5.41) is 0. The molecule has 0 spiro atoms. The van der Waals surface area contributed by atoms with E-state index >= 15 is 0 Å². The second-order valence-electron chi connectivity index (χ2n) is 3.50. The van der Waals surface area contributed by atoms with E-state index in [-0.39, 0.29) is 40.0 Å². The Labute approximate surface area is 120 Å². The quantitative estimate of drug-likeness (QED) is 0.511. The van der Waals surface area contributed by atoms with Crippen LogP contribution in [0, 0.1) is 6.07 Å². The molecule has 3 heteroatoms. The summed E-state index contributed by atoms with van der Waals surface area (Å²) in [5.41, 5.74) is 1.37. The van der Waals surface area contributed by atoms with E-state index in [0.717, 1.165) is 6.54 Å². The molecule has 1 aromatic rings. The van der Waals surface area contributed by atoms with Gasteiger partial charge in [-0.2, -0.15) is 30.3 Å². The molecule has 0 saturated carbocycles. The van der Waals surface area contributed by atoms with E-state index in [0.29, 0.717) is 0 Å². The van der Waals surface area contributed by atoms with E-state index in [1.165, 1.54) is 24.9 Å². The monoisotopic (exact) mass is 279 g/mol. The van der Waals surface area contributed by atoms with E-state index in [4.69, 9.17) is 0 Å². The van der Waals surface area contributed by atoms with Crippen LogP contribution in [-0.4, -0.2) is 41.5 Å². The number of halogens is 1. The summed E-state index contributed by atoms with van der Waals surface area (Å²) in [4.78, 5) is 2.36. The average molecular weight is 280 g/mol. The van der Waals surface area contributed by atoms with Gasteiger partial charge in [0.25, 0.3) is 0 Å². The van der Waals surface area contributed by atoms with Crippen molar-refractivity contribution in [2.75, 3.05) is 13.6 Å². The predicted octanol–water partition coefficient (Wildman–Crippen LogP) is -0.658. The zero-order valence-electron chi connectivity index (χ0n) is 9.67. The first kappa shape index (κ1) is 17.8. The van der Waals surface area contributed by atoms with Crippen LogP contribution in [0.3, 0.4) is 0 Å². The first-order chi connectivity index (χ1) is 6.33. The van der Waals surface area contributed by atoms with Gasteiger partial charge in [-0.1, -0.05) is 13.3 Å². The zero-order valence-corrected chi connectivity index (χ0v) is 12.7. The smallest absolute Gasteiger partial charge is 1.00 e. The standard InChI is InChI=1S/C12H18N.BrH.Mg/c1-3-4-10-13(2)11-12-8-6-5-7-9-12;;/h6-9H,3-4,10-11H2,1-2H3;1H;/q-1;;+2/p-1. The summed E-state index contributed by atoms with van der Waals surface area (Å²) in [6.45, 7) is 4.47. The van der Waals surface area contributed by atoms with E-state index in [2.05, 4.69) is 37.1 Å². The van der Waals surface area contributed by atoms with Gasteiger partial charge in [-0.3, -0.25) is 0 Å². The average Bonchev–Trinajstić information content (AvgIpc) is 2.16. The predicted molar refractivity (Wildman–Crippen MR) is 62.3 cm³/mol. The molecule has 0 radical (unpaired) electrons. The van der Waals surface area contributed by atoms with Crippen LogP contribution in [0.4, 0.5) is 0 Å². The Kier molecular flexibility index (Phi) is 13.0. The molecule has 15 heavy (non-hydrogen) atoms. The Hall–Kier alpha value is 0.426. The molecule has 0 N–H and O–H groups in total. The van der Waals surface area contributed by atoms with E-state index in [1.54, 1.807) is 0 Å². The van der Waals surface area contributed by atoms with Gasteiger partial charge in [-0.25, -0.2) is 0 Å². The van der Waals surface area contributed by atoms with Crippen molar-refractivity contribution >= 4 is 23.1 Å². The second-order valence-corrected chi connectivity index (χ2v) is 3.50. The molecule has 1 aromatic carbocycles. The van der Waals surface area contributed by atoms with Crippen LogP contribution in [0.2, 0.25) is 0 Å². The van der Waals surface area contributed by atoms with Crippen molar-refractivity contribution in [1.82, 2.24) is 4.90 Å². The van der Waals surface area contributed by atoms with Crippen molar-refractivity contribution in [3.8, 4) is 0 Å². The molecule has 0 unspecified atom stereocenters. The normalized spacial score (nSPS) is 9.27. The molecule has 0 aliphatic rings. The van der Waals surface area contributed by atoms with Crippen LogP contribution < -0.4 is 17.0 Å². The van der Waals surface area contributed by atoms with Gasteiger partial charge < -0.3 is 21.9 Å². The summed E-state index contributed by atoms with van der Waals surface area (Å²) in [5.74, 6) is 0. The minimum Gasteiger partial charge on any atom is -1.00 e. The maximum atomic E-state index is 3.03. The van der Waals surface area contributed by atoms with Gasteiger partial charge in [0.1, 0.15) is 0 Å². The van der Waals surface area contributed by atoms with Crippen LogP contribution in [0.25, 0.3) is 0 Å². The van der Waals surface area contributed by atoms with Gasteiger partial charge in [0, 0.05) is 6.54 Å². The Morgan fingerprint density at radius 3 is 2.40 bits per heavy atom. The van der Waals surface area contributed by atoms with Gasteiger partial charge in [0.05, 0.1) is 0 Å². The van der Waals surface area contributed by atoms with Gasteiger partial charge in [-0.05, 0) is 20.0 Å². The first-order valence-corrected chi connectivity index (χ1v) is 4.96. The van der Waals surface area contributed by atoms with Crippen molar-refractivity contribution < 1.29 is 17.0 Å². The molecule has 0 aliphatic heterocycles. The number of nitrogens with zero attached hydrogens (tertiary/aromatic N) is 1. The Morgan fingerprint density at radius 2 is 1.87 bits per heavy atom. The fourth-order valence-electron chi connectivity index (χ4n) is 1.35. The largest absolute Gasteiger partial charge is 2.00 e. The molecule has 1 nitrogen and oxygen atoms in total. The summed E-state index contributed by atoms with van der Waals surface area (Å²) < 4.78 is 0. The molecule has 0 amide bonds. The summed E-state index contributed by atoms with van der Waals surface area (Å²) in [7, 11) is 2.17. The molecule has 0 fully saturated rings. The summed E-state index contributed by atoms with van der Waals surface area (Å²) in [6.07, 6.45) is 2.56. The van der Waals surface area contributed by atoms with Crippen molar-refractivity contribution in [3.63, 3.8) is 0 Å². The third-order valence-electron chi connectivity index (χ3n) is 2.13. The van der Waals surface area contributed by atoms with Crippen LogP contribution in [-0.2, 0) is 6.54 Å². The first-order valence-electron chi connectivity index (χ1n) is 4.96. The van der Waals surface area contributed by atoms with Crippen LogP contribution >= 0.6 is 0 Å². The minimum atomic E-state index is 0. The molecule has 0 aliphatic carbocycles. The molecule has 0 aromatic heterocycles. The molecule has 0 saturated heterocycles. The number of benzene rings is 1. The third kappa shape index (κ3) is 8.26. The van der Waals surface area contributed by atoms with Gasteiger partial charge in [-0.15, -0.1) is 5.56 Å². The van der Waals surface area contributed by atoms with E-state index < -0.39 is 0 Å². The van der Waals surface area contributed by atoms with Crippen LogP contribution in [0.5, 0.6) is 0 Å². The van der Waals surface area contributed by atoms with Crippen LogP contribution in [0.1, 0.15) is 25.3 Å². The number of hydrogen-bond donors (Lipinski definition) is 0. The van der Waals surface area contributed by atoms with Crippen molar-refractivity contribution in [1.29, 1.82) is 0 Å². The molecule has 80 valence electrons. The zero-order chi connectivity index (χ0) is 9.52. The molecule has 1 rings (SSSR count). The molecular formula is C12H18BrMgN. The van der Waals surface area contributed by atoms with Gasteiger partial charge in [0.2, 0.25) is 0 Å². The third-order valence-corrected chi connectivity index (χ3v) is 2.13. The Bertz CT molecular complexity index is 228. The summed E-state index contributed by atoms with van der Waals surface area (Å²) in [6, 6.07) is 11.2. The van der Waals surface area contributed by atoms with Crippen LogP contribution in [0.15, 0.2) is 24.3 Å². The Morgan fingerprint density at radius 1 is 1.27 bits per heavy atom. The molecular weight excluding hydrogens is 262 g/mol. The maximum absolute atomic E-state index is 3.03. The number of unbranched alkanes of at least 4 members (excludes halogenated alkanes) is 1. The van der Waals surface area contributed by atoms with Crippen molar-refractivity contribution in [3.05, 3.63) is 35.9 Å². The number of hydrogen-bond acceptors (Lipinski definition) is 1. The minimum absolute atomic E-state index is 0. The SMILES string of the molecule is CCCCN(C)Cc1cc[c-]cc1.[Br-].[Mg+2]. The topological polar surface area (TPSA) is 3.24 Å². The molecule has 0 atom stereocenters. The molecule has 0 bridgehead atoms. The fraction of sp³-hybridized carbons (Fsp3) is 0.500.